The van der Waals surface area contributed by atoms with Crippen molar-refractivity contribution in [2.45, 2.75) is 12.7 Å². The topological polar surface area (TPSA) is 46.5 Å². The number of hydrogen-bond donors (Lipinski definition) is 1. The van der Waals surface area contributed by atoms with Gasteiger partial charge in [-0.3, -0.25) is 0 Å². The molecular formula is C15H11ClO3S. The first-order valence-corrected chi connectivity index (χ1v) is 7.26. The predicted octanol–water partition coefficient (Wildman–Crippen LogP) is 3.58. The molecule has 1 atom stereocenters. The zero-order chi connectivity index (χ0) is 14.3. The Bertz CT molecular complexity index is 702. The first-order valence-electron chi connectivity index (χ1n) is 6.00. The number of esters is 1. The van der Waals surface area contributed by atoms with Gasteiger partial charge < -0.3 is 9.84 Å². The summed E-state index contributed by atoms with van der Waals surface area (Å²) in [5.41, 5.74) is 1.36. The van der Waals surface area contributed by atoms with Gasteiger partial charge in [-0.15, -0.1) is 11.3 Å². The number of thiophene rings is 1. The molecule has 1 aromatic heterocycles. The van der Waals surface area contributed by atoms with Gasteiger partial charge in [0.2, 0.25) is 5.79 Å². The maximum Gasteiger partial charge on any atom is 0.342 e. The first-order chi connectivity index (χ1) is 9.50. The van der Waals surface area contributed by atoms with Crippen LogP contribution in [0.2, 0.25) is 5.02 Å². The zero-order valence-electron chi connectivity index (χ0n) is 10.6. The summed E-state index contributed by atoms with van der Waals surface area (Å²) in [6, 6.07) is 10.7. The number of hydrogen-bond acceptors (Lipinski definition) is 4. The minimum Gasteiger partial charge on any atom is -0.425 e. The van der Waals surface area contributed by atoms with E-state index in [1.165, 1.54) is 18.3 Å². The van der Waals surface area contributed by atoms with E-state index in [9.17, 15) is 9.90 Å². The van der Waals surface area contributed by atoms with Crippen LogP contribution in [0.5, 0.6) is 0 Å². The lowest BCUT2D eigenvalue weighted by Crippen LogP contribution is -2.25. The van der Waals surface area contributed by atoms with Gasteiger partial charge in [0.25, 0.3) is 0 Å². The minimum absolute atomic E-state index is 0.322. The molecule has 1 unspecified atom stereocenters. The smallest absolute Gasteiger partial charge is 0.342 e. The Balaban J connectivity index is 2.30. The highest BCUT2D eigenvalue weighted by Gasteiger charge is 2.44. The number of ether oxygens (including phenoxy) is 1. The van der Waals surface area contributed by atoms with Gasteiger partial charge in [0.05, 0.1) is 11.1 Å². The first kappa shape index (κ1) is 13.4. The standard InChI is InChI=1S/C15H11ClO3S/c1-15(18)13(11-7-4-8-20-11)12(14(17)19-15)9-5-2-3-6-10(9)16/h2-8,18H,1H3. The van der Waals surface area contributed by atoms with Gasteiger partial charge in [0.1, 0.15) is 0 Å². The maximum absolute atomic E-state index is 12.2. The molecule has 2 heterocycles. The molecule has 0 fully saturated rings. The van der Waals surface area contributed by atoms with Crippen molar-refractivity contribution in [1.29, 1.82) is 0 Å². The van der Waals surface area contributed by atoms with Crippen LogP contribution in [0.1, 0.15) is 17.4 Å². The quantitative estimate of drug-likeness (QED) is 0.863. The summed E-state index contributed by atoms with van der Waals surface area (Å²) >= 11 is 7.60. The molecule has 1 aliphatic rings. The molecule has 5 heteroatoms. The number of halogens is 1. The Hall–Kier alpha value is -1.62. The average molecular weight is 307 g/mol. The minimum atomic E-state index is -1.64. The molecule has 3 nitrogen and oxygen atoms in total. The van der Waals surface area contributed by atoms with E-state index in [0.717, 1.165) is 4.88 Å². The van der Waals surface area contributed by atoms with E-state index in [4.69, 9.17) is 16.3 Å². The number of carbonyl (C=O) groups is 1. The van der Waals surface area contributed by atoms with Crippen LogP contribution in [0.25, 0.3) is 11.1 Å². The summed E-state index contributed by atoms with van der Waals surface area (Å²) in [7, 11) is 0. The van der Waals surface area contributed by atoms with Gasteiger partial charge in [-0.1, -0.05) is 35.9 Å². The number of benzene rings is 1. The summed E-state index contributed by atoms with van der Waals surface area (Å²) in [4.78, 5) is 12.9. The molecule has 0 amide bonds. The summed E-state index contributed by atoms with van der Waals surface area (Å²) in [6.45, 7) is 1.46. The molecule has 0 radical (unpaired) electrons. The van der Waals surface area contributed by atoms with Crippen LogP contribution in [-0.2, 0) is 9.53 Å². The van der Waals surface area contributed by atoms with Crippen molar-refractivity contribution in [3.63, 3.8) is 0 Å². The lowest BCUT2D eigenvalue weighted by Gasteiger charge is -2.18. The Morgan fingerprint density at radius 3 is 2.65 bits per heavy atom. The fourth-order valence-corrected chi connectivity index (χ4v) is 3.40. The van der Waals surface area contributed by atoms with Gasteiger partial charge in [0.15, 0.2) is 0 Å². The monoisotopic (exact) mass is 306 g/mol. The van der Waals surface area contributed by atoms with Crippen molar-refractivity contribution in [2.75, 3.05) is 0 Å². The van der Waals surface area contributed by atoms with Gasteiger partial charge in [-0.25, -0.2) is 4.79 Å². The van der Waals surface area contributed by atoms with E-state index >= 15 is 0 Å². The van der Waals surface area contributed by atoms with Crippen LogP contribution in [0.15, 0.2) is 41.8 Å². The van der Waals surface area contributed by atoms with E-state index in [2.05, 4.69) is 0 Å². The number of rotatable bonds is 2. The lowest BCUT2D eigenvalue weighted by atomic mass is 9.96. The third-order valence-electron chi connectivity index (χ3n) is 3.12. The van der Waals surface area contributed by atoms with E-state index in [1.54, 1.807) is 24.3 Å². The summed E-state index contributed by atoms with van der Waals surface area (Å²) in [5.74, 6) is -2.21. The lowest BCUT2D eigenvalue weighted by molar-refractivity contribution is -0.169. The Morgan fingerprint density at radius 1 is 1.25 bits per heavy atom. The number of aliphatic hydroxyl groups is 1. The Morgan fingerprint density at radius 2 is 2.00 bits per heavy atom. The molecule has 1 N–H and O–H groups in total. The van der Waals surface area contributed by atoms with Crippen LogP contribution in [0.4, 0.5) is 0 Å². The van der Waals surface area contributed by atoms with Crippen LogP contribution < -0.4 is 0 Å². The fourth-order valence-electron chi connectivity index (χ4n) is 2.30. The second kappa shape index (κ2) is 4.74. The van der Waals surface area contributed by atoms with E-state index < -0.39 is 11.8 Å². The summed E-state index contributed by atoms with van der Waals surface area (Å²) in [6.07, 6.45) is 0. The molecule has 2 aromatic rings. The van der Waals surface area contributed by atoms with Gasteiger partial charge in [-0.05, 0) is 17.5 Å². The summed E-state index contributed by atoms with van der Waals surface area (Å²) in [5, 5.41) is 12.7. The van der Waals surface area contributed by atoms with Crippen molar-refractivity contribution in [1.82, 2.24) is 0 Å². The van der Waals surface area contributed by atoms with E-state index in [-0.39, 0.29) is 0 Å². The molecule has 0 bridgehead atoms. The fraction of sp³-hybridized carbons (Fsp3) is 0.133. The van der Waals surface area contributed by atoms with Gasteiger partial charge in [0, 0.05) is 22.4 Å². The SMILES string of the molecule is CC1(O)OC(=O)C(c2ccccc2Cl)=C1c1cccs1. The number of cyclic esters (lactones) is 1. The van der Waals surface area contributed by atoms with Gasteiger partial charge in [-0.2, -0.15) is 0 Å². The summed E-state index contributed by atoms with van der Waals surface area (Å²) < 4.78 is 5.10. The predicted molar refractivity (Wildman–Crippen MR) is 79.3 cm³/mol. The molecular weight excluding hydrogens is 296 g/mol. The Kier molecular flexibility index (Phi) is 3.17. The maximum atomic E-state index is 12.2. The van der Waals surface area contributed by atoms with Crippen molar-refractivity contribution in [3.05, 3.63) is 57.2 Å². The largest absolute Gasteiger partial charge is 0.425 e. The van der Waals surface area contributed by atoms with Crippen molar-refractivity contribution in [2.24, 2.45) is 0 Å². The molecule has 0 aliphatic carbocycles. The highest BCUT2D eigenvalue weighted by molar-refractivity contribution is 7.11. The molecule has 3 rings (SSSR count). The van der Waals surface area contributed by atoms with E-state index in [0.29, 0.717) is 21.7 Å². The zero-order valence-corrected chi connectivity index (χ0v) is 12.2. The number of carbonyl (C=O) groups excluding carboxylic acids is 1. The van der Waals surface area contributed by atoms with Crippen LogP contribution in [-0.4, -0.2) is 16.9 Å². The molecule has 20 heavy (non-hydrogen) atoms. The second-order valence-corrected chi connectivity index (χ2v) is 5.93. The van der Waals surface area contributed by atoms with Crippen LogP contribution >= 0.6 is 22.9 Å². The Labute approximate surface area is 125 Å². The third-order valence-corrected chi connectivity index (χ3v) is 4.34. The molecule has 0 spiro atoms. The molecule has 102 valence electrons. The molecule has 0 saturated heterocycles. The van der Waals surface area contributed by atoms with Crippen molar-refractivity contribution < 1.29 is 14.6 Å². The molecule has 0 saturated carbocycles. The third kappa shape index (κ3) is 2.06. The van der Waals surface area contributed by atoms with E-state index in [1.807, 2.05) is 17.5 Å². The highest BCUT2D eigenvalue weighted by atomic mass is 35.5. The average Bonchev–Trinajstić information content (AvgIpc) is 2.95. The molecule has 1 aliphatic heterocycles. The van der Waals surface area contributed by atoms with Gasteiger partial charge >= 0.3 is 5.97 Å². The van der Waals surface area contributed by atoms with Crippen molar-refractivity contribution in [3.8, 4) is 0 Å². The second-order valence-electron chi connectivity index (χ2n) is 4.58. The highest BCUT2D eigenvalue weighted by Crippen LogP contribution is 2.45. The molecule has 1 aromatic carbocycles. The normalized spacial score (nSPS) is 22.2. The van der Waals surface area contributed by atoms with Crippen molar-refractivity contribution >= 4 is 40.1 Å². The van der Waals surface area contributed by atoms with Crippen LogP contribution in [0.3, 0.4) is 0 Å². The van der Waals surface area contributed by atoms with Crippen LogP contribution in [0, 0.1) is 0 Å².